The maximum Gasteiger partial charge on any atom is 0.115 e. The van der Waals surface area contributed by atoms with Crippen molar-refractivity contribution in [2.75, 3.05) is 25.1 Å². The Balaban J connectivity index is 3.31. The van der Waals surface area contributed by atoms with Crippen LogP contribution in [0.3, 0.4) is 0 Å². The standard InChI is InChI=1S/C6H16NOPS/c1-3-9(2)10(8)6-4-5-7/h3-7H2,1-2H3. The first-order valence-corrected chi connectivity index (χ1v) is 7.41. The number of rotatable bonds is 5. The zero-order chi connectivity index (χ0) is 7.98. The largest absolute Gasteiger partial charge is 0.615 e. The van der Waals surface area contributed by atoms with Gasteiger partial charge in [-0.3, -0.25) is 0 Å². The fourth-order valence-corrected chi connectivity index (χ4v) is 3.71. The van der Waals surface area contributed by atoms with Crippen LogP contribution in [0.4, 0.5) is 0 Å². The van der Waals surface area contributed by atoms with Gasteiger partial charge in [-0.1, -0.05) is 6.92 Å². The van der Waals surface area contributed by atoms with Gasteiger partial charge in [0, 0.05) is 19.2 Å². The summed E-state index contributed by atoms with van der Waals surface area (Å²) in [5.74, 6) is 0.798. The van der Waals surface area contributed by atoms with Crippen LogP contribution in [-0.4, -0.2) is 29.7 Å². The van der Waals surface area contributed by atoms with E-state index in [1.165, 1.54) is 0 Å². The molecule has 0 spiro atoms. The summed E-state index contributed by atoms with van der Waals surface area (Å²) in [5, 5.41) is 0. The molecule has 2 atom stereocenters. The van der Waals surface area contributed by atoms with Crippen LogP contribution in [0.5, 0.6) is 0 Å². The lowest BCUT2D eigenvalue weighted by Crippen LogP contribution is -2.09. The molecule has 0 bridgehead atoms. The van der Waals surface area contributed by atoms with E-state index in [1.807, 2.05) is 0 Å². The summed E-state index contributed by atoms with van der Waals surface area (Å²) in [6.45, 7) is 4.84. The summed E-state index contributed by atoms with van der Waals surface area (Å²) < 4.78 is 11.2. The van der Waals surface area contributed by atoms with Crippen molar-refractivity contribution in [3.05, 3.63) is 0 Å². The molecule has 0 rings (SSSR count). The van der Waals surface area contributed by atoms with Crippen LogP contribution in [0.1, 0.15) is 13.3 Å². The fourth-order valence-electron chi connectivity index (χ4n) is 0.507. The first kappa shape index (κ1) is 10.7. The van der Waals surface area contributed by atoms with Gasteiger partial charge in [0.25, 0.3) is 0 Å². The third-order valence-electron chi connectivity index (χ3n) is 1.32. The van der Waals surface area contributed by atoms with Gasteiger partial charge in [0.15, 0.2) is 0 Å². The highest BCUT2D eigenvalue weighted by Gasteiger charge is 2.13. The van der Waals surface area contributed by atoms with Crippen molar-refractivity contribution in [3.8, 4) is 0 Å². The highest BCUT2D eigenvalue weighted by Crippen LogP contribution is 2.38. The van der Waals surface area contributed by atoms with Crippen molar-refractivity contribution in [2.24, 2.45) is 5.73 Å². The Morgan fingerprint density at radius 1 is 1.60 bits per heavy atom. The Labute approximate surface area is 67.2 Å². The summed E-state index contributed by atoms with van der Waals surface area (Å²) in [6.07, 6.45) is 1.96. The molecule has 0 fully saturated rings. The third kappa shape index (κ3) is 4.51. The highest BCUT2D eigenvalue weighted by atomic mass is 32.8. The SMILES string of the molecule is CCP(C)[S+]([O-])CCCN. The van der Waals surface area contributed by atoms with Crippen molar-refractivity contribution in [2.45, 2.75) is 13.3 Å². The van der Waals surface area contributed by atoms with E-state index in [0.717, 1.165) is 18.3 Å². The Hall–Kier alpha value is 0.700. The average molecular weight is 181 g/mol. The summed E-state index contributed by atoms with van der Waals surface area (Å²) in [6, 6.07) is 0. The Kier molecular flexibility index (Phi) is 6.86. The number of hydrogen-bond acceptors (Lipinski definition) is 2. The van der Waals surface area contributed by atoms with E-state index in [9.17, 15) is 4.55 Å². The van der Waals surface area contributed by atoms with Crippen molar-refractivity contribution in [1.82, 2.24) is 0 Å². The summed E-state index contributed by atoms with van der Waals surface area (Å²) >= 11 is 0. The molecule has 4 heteroatoms. The minimum absolute atomic E-state index is 0.235. The van der Waals surface area contributed by atoms with Crippen molar-refractivity contribution in [1.29, 1.82) is 0 Å². The second-order valence-corrected chi connectivity index (χ2v) is 8.14. The van der Waals surface area contributed by atoms with E-state index >= 15 is 0 Å². The molecule has 0 heterocycles. The van der Waals surface area contributed by atoms with E-state index in [4.69, 9.17) is 5.73 Å². The lowest BCUT2D eigenvalue weighted by molar-refractivity contribution is 0.606. The second kappa shape index (κ2) is 6.41. The van der Waals surface area contributed by atoms with Crippen LogP contribution in [0, 0.1) is 0 Å². The van der Waals surface area contributed by atoms with Crippen LogP contribution >= 0.6 is 7.12 Å². The molecule has 2 N–H and O–H groups in total. The highest BCUT2D eigenvalue weighted by molar-refractivity contribution is 8.49. The molecule has 0 amide bonds. The van der Waals surface area contributed by atoms with Gasteiger partial charge in [-0.2, -0.15) is 0 Å². The van der Waals surface area contributed by atoms with Gasteiger partial charge in [-0.25, -0.2) is 0 Å². The van der Waals surface area contributed by atoms with Gasteiger partial charge < -0.3 is 10.3 Å². The molecular weight excluding hydrogens is 165 g/mol. The number of nitrogens with two attached hydrogens (primary N) is 1. The molecule has 0 aromatic carbocycles. The molecule has 0 aliphatic carbocycles. The maximum atomic E-state index is 11.2. The molecule has 0 aromatic heterocycles. The molecule has 2 unspecified atom stereocenters. The molecule has 10 heavy (non-hydrogen) atoms. The van der Waals surface area contributed by atoms with Gasteiger partial charge in [0.2, 0.25) is 0 Å². The van der Waals surface area contributed by atoms with Crippen LogP contribution in [-0.2, 0) is 10.8 Å². The smallest absolute Gasteiger partial charge is 0.115 e. The predicted molar refractivity (Wildman–Crippen MR) is 50.1 cm³/mol. The minimum Gasteiger partial charge on any atom is -0.615 e. The van der Waals surface area contributed by atoms with Crippen LogP contribution in [0.15, 0.2) is 0 Å². The maximum absolute atomic E-state index is 11.2. The second-order valence-electron chi connectivity index (χ2n) is 2.11. The van der Waals surface area contributed by atoms with Gasteiger partial charge in [0.1, 0.15) is 12.9 Å². The first-order valence-electron chi connectivity index (χ1n) is 3.52. The molecule has 2 nitrogen and oxygen atoms in total. The Morgan fingerprint density at radius 2 is 2.20 bits per heavy atom. The molecule has 0 radical (unpaired) electrons. The lowest BCUT2D eigenvalue weighted by atomic mass is 10.5. The van der Waals surface area contributed by atoms with Crippen LogP contribution < -0.4 is 5.73 Å². The zero-order valence-corrected chi connectivity index (χ0v) is 8.38. The fraction of sp³-hybridized carbons (Fsp3) is 1.00. The summed E-state index contributed by atoms with van der Waals surface area (Å²) in [5.41, 5.74) is 5.29. The Morgan fingerprint density at radius 3 is 2.60 bits per heavy atom. The normalized spacial score (nSPS) is 16.8. The first-order chi connectivity index (χ1) is 4.72. The lowest BCUT2D eigenvalue weighted by Gasteiger charge is -2.15. The van der Waals surface area contributed by atoms with Crippen LogP contribution in [0.2, 0.25) is 0 Å². The van der Waals surface area contributed by atoms with Gasteiger partial charge >= 0.3 is 0 Å². The molecule has 0 saturated carbocycles. The topological polar surface area (TPSA) is 49.1 Å². The predicted octanol–water partition coefficient (Wildman–Crippen LogP) is 1.13. The van der Waals surface area contributed by atoms with E-state index in [0.29, 0.717) is 6.54 Å². The van der Waals surface area contributed by atoms with Gasteiger partial charge in [0.05, 0.1) is 0 Å². The van der Waals surface area contributed by atoms with E-state index in [-0.39, 0.29) is 7.12 Å². The van der Waals surface area contributed by atoms with Gasteiger partial charge in [-0.05, 0) is 17.3 Å². The van der Waals surface area contributed by atoms with E-state index in [2.05, 4.69) is 13.6 Å². The summed E-state index contributed by atoms with van der Waals surface area (Å²) in [4.78, 5) is 0. The number of hydrogen-bond donors (Lipinski definition) is 1. The van der Waals surface area contributed by atoms with Crippen molar-refractivity contribution < 1.29 is 4.55 Å². The zero-order valence-electron chi connectivity index (χ0n) is 6.67. The Bertz CT molecular complexity index is 84.1. The molecule has 0 aliphatic heterocycles. The monoisotopic (exact) mass is 181 g/mol. The van der Waals surface area contributed by atoms with Crippen molar-refractivity contribution in [3.63, 3.8) is 0 Å². The average Bonchev–Trinajstić information content (AvgIpc) is 1.98. The molecular formula is C6H16NOPS. The molecule has 0 aliphatic rings. The third-order valence-corrected chi connectivity index (χ3v) is 6.95. The molecule has 0 aromatic rings. The molecule has 0 saturated heterocycles. The van der Waals surface area contributed by atoms with Crippen LogP contribution in [0.25, 0.3) is 0 Å². The van der Waals surface area contributed by atoms with E-state index < -0.39 is 10.8 Å². The van der Waals surface area contributed by atoms with Crippen molar-refractivity contribution >= 4 is 17.9 Å². The minimum atomic E-state index is -0.580. The van der Waals surface area contributed by atoms with E-state index in [1.54, 1.807) is 0 Å². The van der Waals surface area contributed by atoms with Gasteiger partial charge in [-0.15, -0.1) is 0 Å². The quantitative estimate of drug-likeness (QED) is 0.510. The molecule has 62 valence electrons. The summed E-state index contributed by atoms with van der Waals surface area (Å²) in [7, 11) is -0.814.